The Balaban J connectivity index is 2.97. The predicted molar refractivity (Wildman–Crippen MR) is 89.5 cm³/mol. The molecule has 116 valence electrons. The number of allylic oxidation sites excluding steroid dienone is 4. The van der Waals surface area contributed by atoms with E-state index in [0.29, 0.717) is 5.56 Å². The molecular formula is C19H28O2. The molecule has 2 N–H and O–H groups in total. The third kappa shape index (κ3) is 5.76. The van der Waals surface area contributed by atoms with Crippen LogP contribution in [0.5, 0.6) is 5.75 Å². The van der Waals surface area contributed by atoms with Crippen molar-refractivity contribution in [3.63, 3.8) is 0 Å². The van der Waals surface area contributed by atoms with Crippen molar-refractivity contribution >= 4 is 0 Å². The number of aromatic hydroxyl groups is 1. The summed E-state index contributed by atoms with van der Waals surface area (Å²) in [5, 5.41) is 19.5. The number of rotatable bonds is 8. The van der Waals surface area contributed by atoms with E-state index in [0.717, 1.165) is 24.8 Å². The van der Waals surface area contributed by atoms with Crippen LogP contribution in [-0.4, -0.2) is 10.2 Å². The summed E-state index contributed by atoms with van der Waals surface area (Å²) in [5.41, 5.74) is 4.17. The Hall–Kier alpha value is -1.54. The van der Waals surface area contributed by atoms with Crippen molar-refractivity contribution in [1.82, 2.24) is 0 Å². The lowest BCUT2D eigenvalue weighted by molar-refractivity contribution is 0.274. The second-order valence-electron chi connectivity index (χ2n) is 5.66. The summed E-state index contributed by atoms with van der Waals surface area (Å²) in [5.74, 6) is 0.190. The van der Waals surface area contributed by atoms with Gasteiger partial charge in [-0.1, -0.05) is 49.6 Å². The molecule has 1 aromatic carbocycles. The smallest absolute Gasteiger partial charge is 0.121 e. The maximum Gasteiger partial charge on any atom is 0.121 e. The van der Waals surface area contributed by atoms with Gasteiger partial charge in [0.1, 0.15) is 5.75 Å². The van der Waals surface area contributed by atoms with Gasteiger partial charge in [-0.3, -0.25) is 0 Å². The molecule has 21 heavy (non-hydrogen) atoms. The van der Waals surface area contributed by atoms with Crippen molar-refractivity contribution in [1.29, 1.82) is 0 Å². The van der Waals surface area contributed by atoms with Crippen LogP contribution in [0.15, 0.2) is 35.9 Å². The lowest BCUT2D eigenvalue weighted by Gasteiger charge is -2.13. The summed E-state index contributed by atoms with van der Waals surface area (Å²) < 4.78 is 0. The lowest BCUT2D eigenvalue weighted by Crippen LogP contribution is -2.00. The molecule has 0 spiro atoms. The topological polar surface area (TPSA) is 40.5 Å². The molecule has 0 radical (unpaired) electrons. The van der Waals surface area contributed by atoms with Crippen LogP contribution in [0, 0.1) is 0 Å². The highest BCUT2D eigenvalue weighted by Crippen LogP contribution is 2.26. The van der Waals surface area contributed by atoms with Gasteiger partial charge in [0.2, 0.25) is 0 Å². The van der Waals surface area contributed by atoms with Crippen molar-refractivity contribution in [3.8, 4) is 5.75 Å². The average molecular weight is 288 g/mol. The predicted octanol–water partition coefficient (Wildman–Crippen LogP) is 4.68. The summed E-state index contributed by atoms with van der Waals surface area (Å²) in [6.45, 7) is 6.23. The zero-order valence-corrected chi connectivity index (χ0v) is 13.5. The van der Waals surface area contributed by atoms with Gasteiger partial charge < -0.3 is 10.2 Å². The fourth-order valence-corrected chi connectivity index (χ4v) is 2.31. The first-order chi connectivity index (χ1) is 10.1. The Bertz CT molecular complexity index is 495. The quantitative estimate of drug-likeness (QED) is 0.538. The Kier molecular flexibility index (Phi) is 7.84. The summed E-state index contributed by atoms with van der Waals surface area (Å²) in [6, 6.07) is 3.65. The molecule has 0 saturated carbocycles. The van der Waals surface area contributed by atoms with Crippen molar-refractivity contribution in [2.75, 3.05) is 0 Å². The third-order valence-corrected chi connectivity index (χ3v) is 3.60. The number of aliphatic hydroxyl groups excluding tert-OH is 1. The zero-order valence-electron chi connectivity index (χ0n) is 13.5. The number of aliphatic hydroxyl groups is 1. The van der Waals surface area contributed by atoms with Gasteiger partial charge in [-0.05, 0) is 50.3 Å². The van der Waals surface area contributed by atoms with E-state index in [2.05, 4.69) is 39.0 Å². The van der Waals surface area contributed by atoms with Gasteiger partial charge in [-0.25, -0.2) is 0 Å². The van der Waals surface area contributed by atoms with Gasteiger partial charge in [-0.15, -0.1) is 0 Å². The fourth-order valence-electron chi connectivity index (χ4n) is 2.31. The van der Waals surface area contributed by atoms with Crippen LogP contribution in [-0.2, 0) is 19.4 Å². The van der Waals surface area contributed by atoms with E-state index in [1.54, 1.807) is 6.07 Å². The van der Waals surface area contributed by atoms with Crippen LogP contribution < -0.4 is 0 Å². The molecule has 0 bridgehead atoms. The highest BCUT2D eigenvalue weighted by molar-refractivity contribution is 5.46. The summed E-state index contributed by atoms with van der Waals surface area (Å²) in [6.07, 6.45) is 11.6. The van der Waals surface area contributed by atoms with E-state index in [9.17, 15) is 10.2 Å². The number of phenols is 1. The first-order valence-corrected chi connectivity index (χ1v) is 7.82. The molecule has 0 saturated heterocycles. The molecule has 0 aromatic heterocycles. The molecule has 0 amide bonds. The molecule has 2 nitrogen and oxygen atoms in total. The SMILES string of the molecule is CCCC/C=C/Cc1c(CC=C(C)C)ccc(O)c1CO. The molecule has 0 fully saturated rings. The minimum atomic E-state index is -0.118. The highest BCUT2D eigenvalue weighted by atomic mass is 16.3. The van der Waals surface area contributed by atoms with Crippen LogP contribution in [0.3, 0.4) is 0 Å². The van der Waals surface area contributed by atoms with E-state index in [1.807, 2.05) is 6.07 Å². The summed E-state index contributed by atoms with van der Waals surface area (Å²) in [7, 11) is 0. The van der Waals surface area contributed by atoms with E-state index >= 15 is 0 Å². The number of unbranched alkanes of at least 4 members (excludes halogenated alkanes) is 2. The zero-order chi connectivity index (χ0) is 15.7. The molecule has 2 heteroatoms. The van der Waals surface area contributed by atoms with Crippen LogP contribution >= 0.6 is 0 Å². The van der Waals surface area contributed by atoms with E-state index in [4.69, 9.17) is 0 Å². The summed E-state index contributed by atoms with van der Waals surface area (Å²) in [4.78, 5) is 0. The van der Waals surface area contributed by atoms with E-state index in [1.165, 1.54) is 24.0 Å². The first-order valence-electron chi connectivity index (χ1n) is 7.82. The van der Waals surface area contributed by atoms with Crippen LogP contribution in [0.25, 0.3) is 0 Å². The van der Waals surface area contributed by atoms with Crippen molar-refractivity contribution in [3.05, 3.63) is 52.6 Å². The second kappa shape index (κ2) is 9.41. The minimum absolute atomic E-state index is 0.118. The number of hydrogen-bond donors (Lipinski definition) is 2. The monoisotopic (exact) mass is 288 g/mol. The minimum Gasteiger partial charge on any atom is -0.508 e. The van der Waals surface area contributed by atoms with Gasteiger partial charge >= 0.3 is 0 Å². The summed E-state index contributed by atoms with van der Waals surface area (Å²) >= 11 is 0. The van der Waals surface area contributed by atoms with Gasteiger partial charge in [0.15, 0.2) is 0 Å². The van der Waals surface area contributed by atoms with E-state index < -0.39 is 0 Å². The lowest BCUT2D eigenvalue weighted by atomic mass is 9.94. The standard InChI is InChI=1S/C19H28O2/c1-4-5-6-7-8-9-17-16(11-10-15(2)3)12-13-19(21)18(17)14-20/h7-8,10,12-13,20-21H,4-6,9,11,14H2,1-3H3/b8-7+. The maximum atomic E-state index is 9.93. The second-order valence-corrected chi connectivity index (χ2v) is 5.66. The van der Waals surface area contributed by atoms with Crippen molar-refractivity contribution in [2.24, 2.45) is 0 Å². The van der Waals surface area contributed by atoms with Gasteiger partial charge in [0, 0.05) is 5.56 Å². The Morgan fingerprint density at radius 3 is 2.48 bits per heavy atom. The van der Waals surface area contributed by atoms with Crippen LogP contribution in [0.1, 0.15) is 56.7 Å². The number of benzene rings is 1. The molecule has 0 aliphatic rings. The largest absolute Gasteiger partial charge is 0.508 e. The third-order valence-electron chi connectivity index (χ3n) is 3.60. The van der Waals surface area contributed by atoms with Gasteiger partial charge in [0.25, 0.3) is 0 Å². The highest BCUT2D eigenvalue weighted by Gasteiger charge is 2.10. The molecule has 1 aromatic rings. The van der Waals surface area contributed by atoms with Gasteiger partial charge in [0.05, 0.1) is 6.61 Å². The van der Waals surface area contributed by atoms with Crippen LogP contribution in [0.2, 0.25) is 0 Å². The molecule has 0 aliphatic heterocycles. The first kappa shape index (κ1) is 17.5. The fraction of sp³-hybridized carbons (Fsp3) is 0.474. The normalized spacial score (nSPS) is 11.0. The molecule has 0 unspecified atom stereocenters. The molecule has 0 heterocycles. The van der Waals surface area contributed by atoms with Crippen molar-refractivity contribution < 1.29 is 10.2 Å². The average Bonchev–Trinajstić information content (AvgIpc) is 2.46. The molecule has 0 aliphatic carbocycles. The molecular weight excluding hydrogens is 260 g/mol. The molecule has 1 rings (SSSR count). The Morgan fingerprint density at radius 2 is 1.86 bits per heavy atom. The van der Waals surface area contributed by atoms with Gasteiger partial charge in [-0.2, -0.15) is 0 Å². The molecule has 0 atom stereocenters. The number of hydrogen-bond acceptors (Lipinski definition) is 2. The Labute approximate surface area is 128 Å². The Morgan fingerprint density at radius 1 is 1.10 bits per heavy atom. The van der Waals surface area contributed by atoms with Crippen molar-refractivity contribution in [2.45, 2.75) is 59.5 Å². The van der Waals surface area contributed by atoms with Crippen LogP contribution in [0.4, 0.5) is 0 Å². The maximum absolute atomic E-state index is 9.93. The van der Waals surface area contributed by atoms with E-state index in [-0.39, 0.29) is 12.4 Å².